The Hall–Kier alpha value is -0.830. The number of ether oxygens (including phenoxy) is 1. The highest BCUT2D eigenvalue weighted by Gasteiger charge is 2.40. The zero-order valence-corrected chi connectivity index (χ0v) is 13.0. The molecule has 2 aliphatic rings. The van der Waals surface area contributed by atoms with Crippen molar-refractivity contribution in [3.63, 3.8) is 0 Å². The lowest BCUT2D eigenvalue weighted by Crippen LogP contribution is -2.32. The van der Waals surface area contributed by atoms with Gasteiger partial charge < -0.3 is 4.74 Å². The van der Waals surface area contributed by atoms with Gasteiger partial charge >= 0.3 is 0 Å². The fourth-order valence-corrected chi connectivity index (χ4v) is 3.91. The van der Waals surface area contributed by atoms with E-state index < -0.39 is 0 Å². The van der Waals surface area contributed by atoms with E-state index in [4.69, 9.17) is 9.84 Å². The predicted molar refractivity (Wildman–Crippen MR) is 80.9 cm³/mol. The Labute approximate surface area is 122 Å². The van der Waals surface area contributed by atoms with Crippen LogP contribution in [0.3, 0.4) is 0 Å². The third kappa shape index (κ3) is 2.78. The van der Waals surface area contributed by atoms with E-state index in [1.54, 1.807) is 0 Å². The second-order valence-corrected chi connectivity index (χ2v) is 6.54. The topological polar surface area (TPSA) is 27.1 Å². The van der Waals surface area contributed by atoms with Crippen LogP contribution in [-0.4, -0.2) is 21.5 Å². The molecule has 3 nitrogen and oxygen atoms in total. The molecule has 1 spiro atoms. The van der Waals surface area contributed by atoms with Crippen molar-refractivity contribution in [2.75, 3.05) is 0 Å². The summed E-state index contributed by atoms with van der Waals surface area (Å²) in [4.78, 5) is 0. The molecule has 2 heterocycles. The molecule has 3 heteroatoms. The predicted octanol–water partition coefficient (Wildman–Crippen LogP) is 3.89. The lowest BCUT2D eigenvalue weighted by Gasteiger charge is -2.33. The molecule has 112 valence electrons. The van der Waals surface area contributed by atoms with Crippen LogP contribution >= 0.6 is 0 Å². The minimum Gasteiger partial charge on any atom is -0.370 e. The highest BCUT2D eigenvalue weighted by atomic mass is 16.5. The van der Waals surface area contributed by atoms with E-state index in [0.717, 1.165) is 19.4 Å². The third-order valence-electron chi connectivity index (χ3n) is 5.12. The number of aromatic nitrogens is 2. The van der Waals surface area contributed by atoms with Crippen molar-refractivity contribution in [2.45, 2.75) is 89.9 Å². The molecular weight excluding hydrogens is 248 g/mol. The summed E-state index contributed by atoms with van der Waals surface area (Å²) < 4.78 is 8.68. The highest BCUT2D eigenvalue weighted by Crippen LogP contribution is 2.42. The van der Waals surface area contributed by atoms with Crippen LogP contribution in [0.25, 0.3) is 0 Å². The van der Waals surface area contributed by atoms with Gasteiger partial charge in [-0.2, -0.15) is 5.10 Å². The first kappa shape index (κ1) is 14.1. The Balaban J connectivity index is 1.65. The van der Waals surface area contributed by atoms with Gasteiger partial charge in [0.15, 0.2) is 0 Å². The maximum atomic E-state index is 6.48. The van der Waals surface area contributed by atoms with E-state index >= 15 is 0 Å². The highest BCUT2D eigenvalue weighted by molar-refractivity contribution is 5.10. The molecule has 1 unspecified atom stereocenters. The van der Waals surface area contributed by atoms with Crippen LogP contribution < -0.4 is 0 Å². The molecule has 0 amide bonds. The van der Waals surface area contributed by atoms with E-state index in [2.05, 4.69) is 24.6 Å². The molecular formula is C17H28N2O. The quantitative estimate of drug-likeness (QED) is 0.834. The van der Waals surface area contributed by atoms with Gasteiger partial charge in [-0.3, -0.25) is 4.68 Å². The molecule has 1 aromatic rings. The van der Waals surface area contributed by atoms with Crippen LogP contribution in [0.4, 0.5) is 0 Å². The normalized spacial score (nSPS) is 25.4. The first-order valence-electron chi connectivity index (χ1n) is 8.48. The van der Waals surface area contributed by atoms with Gasteiger partial charge in [-0.05, 0) is 44.6 Å². The maximum Gasteiger partial charge on any atom is 0.0779 e. The average molecular weight is 276 g/mol. The Morgan fingerprint density at radius 3 is 2.70 bits per heavy atom. The molecule has 1 aliphatic carbocycles. The number of aryl methyl sites for hydroxylation is 2. The van der Waals surface area contributed by atoms with Crippen LogP contribution in [-0.2, 0) is 24.1 Å². The summed E-state index contributed by atoms with van der Waals surface area (Å²) in [7, 11) is 0. The van der Waals surface area contributed by atoms with Gasteiger partial charge in [-0.25, -0.2) is 0 Å². The van der Waals surface area contributed by atoms with Crippen LogP contribution in [0.5, 0.6) is 0 Å². The van der Waals surface area contributed by atoms with Crippen molar-refractivity contribution in [3.8, 4) is 0 Å². The van der Waals surface area contributed by atoms with Crippen LogP contribution in [0.2, 0.25) is 0 Å². The molecule has 0 bridgehead atoms. The van der Waals surface area contributed by atoms with Crippen molar-refractivity contribution in [1.82, 2.24) is 9.78 Å². The maximum absolute atomic E-state index is 6.48. The van der Waals surface area contributed by atoms with Gasteiger partial charge in [0.1, 0.15) is 0 Å². The summed E-state index contributed by atoms with van der Waals surface area (Å²) in [5.41, 5.74) is 2.80. The monoisotopic (exact) mass is 276 g/mol. The largest absolute Gasteiger partial charge is 0.370 e. The van der Waals surface area contributed by atoms with Crippen molar-refractivity contribution < 1.29 is 4.74 Å². The molecule has 0 radical (unpaired) electrons. The van der Waals surface area contributed by atoms with E-state index in [9.17, 15) is 0 Å². The van der Waals surface area contributed by atoms with Gasteiger partial charge in [0.05, 0.1) is 23.9 Å². The molecule has 2 fully saturated rings. The van der Waals surface area contributed by atoms with Crippen LogP contribution in [0, 0.1) is 0 Å². The van der Waals surface area contributed by atoms with Gasteiger partial charge in [0.25, 0.3) is 0 Å². The average Bonchev–Trinajstić information content (AvgIpc) is 3.05. The summed E-state index contributed by atoms with van der Waals surface area (Å²) in [5.74, 6) is 0. The van der Waals surface area contributed by atoms with Gasteiger partial charge in [-0.1, -0.05) is 33.1 Å². The molecule has 20 heavy (non-hydrogen) atoms. The zero-order valence-electron chi connectivity index (χ0n) is 13.0. The Morgan fingerprint density at radius 1 is 1.20 bits per heavy atom. The zero-order chi connectivity index (χ0) is 14.0. The minimum atomic E-state index is 0.232. The Kier molecular flexibility index (Phi) is 4.16. The lowest BCUT2D eigenvalue weighted by molar-refractivity contribution is -0.0690. The molecule has 3 rings (SSSR count). The Bertz CT molecular complexity index is 446. The van der Waals surface area contributed by atoms with E-state index in [-0.39, 0.29) is 5.60 Å². The molecule has 0 N–H and O–H groups in total. The van der Waals surface area contributed by atoms with Crippen molar-refractivity contribution in [3.05, 3.63) is 17.5 Å². The lowest BCUT2D eigenvalue weighted by atomic mass is 9.83. The van der Waals surface area contributed by atoms with E-state index in [0.29, 0.717) is 6.10 Å². The van der Waals surface area contributed by atoms with E-state index in [1.807, 2.05) is 0 Å². The molecule has 1 aliphatic heterocycles. The second-order valence-electron chi connectivity index (χ2n) is 6.54. The molecule has 1 aromatic heterocycles. The van der Waals surface area contributed by atoms with Crippen molar-refractivity contribution in [1.29, 1.82) is 0 Å². The smallest absolute Gasteiger partial charge is 0.0779 e. The van der Waals surface area contributed by atoms with Crippen LogP contribution in [0.1, 0.15) is 70.2 Å². The summed E-state index contributed by atoms with van der Waals surface area (Å²) >= 11 is 0. The van der Waals surface area contributed by atoms with Crippen molar-refractivity contribution in [2.24, 2.45) is 0 Å². The molecule has 1 atom stereocenters. The van der Waals surface area contributed by atoms with Gasteiger partial charge in [0, 0.05) is 5.69 Å². The molecule has 0 aromatic carbocycles. The Morgan fingerprint density at radius 2 is 2.00 bits per heavy atom. The third-order valence-corrected chi connectivity index (χ3v) is 5.12. The van der Waals surface area contributed by atoms with Crippen LogP contribution in [0.15, 0.2) is 6.07 Å². The first-order chi connectivity index (χ1) is 9.74. The summed E-state index contributed by atoms with van der Waals surface area (Å²) in [6.07, 6.45) is 11.6. The standard InChI is InChI=1S/C17H28N2O/c1-3-14-12-15(4-2)19(18-14)13-16-8-11-17(20-16)9-6-5-7-10-17/h12,16H,3-11,13H2,1-2H3. The van der Waals surface area contributed by atoms with Gasteiger partial charge in [0.2, 0.25) is 0 Å². The minimum absolute atomic E-state index is 0.232. The number of hydrogen-bond acceptors (Lipinski definition) is 2. The number of nitrogens with zero attached hydrogens (tertiary/aromatic N) is 2. The van der Waals surface area contributed by atoms with Gasteiger partial charge in [-0.15, -0.1) is 0 Å². The van der Waals surface area contributed by atoms with E-state index in [1.165, 1.54) is 56.3 Å². The first-order valence-corrected chi connectivity index (χ1v) is 8.48. The SMILES string of the molecule is CCc1cc(CC)n(CC2CCC3(CCCCC3)O2)n1. The number of hydrogen-bond donors (Lipinski definition) is 0. The summed E-state index contributed by atoms with van der Waals surface area (Å²) in [6, 6.07) is 2.26. The molecule has 1 saturated carbocycles. The number of rotatable bonds is 4. The second kappa shape index (κ2) is 5.88. The summed E-state index contributed by atoms with van der Waals surface area (Å²) in [5, 5.41) is 4.73. The fourth-order valence-electron chi connectivity index (χ4n) is 3.91. The molecule has 1 saturated heterocycles. The summed E-state index contributed by atoms with van der Waals surface area (Å²) in [6.45, 7) is 5.34. The van der Waals surface area contributed by atoms with Crippen molar-refractivity contribution >= 4 is 0 Å². The fraction of sp³-hybridized carbons (Fsp3) is 0.824.